The molecule has 1 saturated heterocycles. The number of amides is 1. The average Bonchev–Trinajstić information content (AvgIpc) is 2.39. The van der Waals surface area contributed by atoms with Crippen LogP contribution in [0, 0.1) is 6.92 Å². The van der Waals surface area contributed by atoms with Crippen LogP contribution in [0.15, 0.2) is 12.4 Å². The first kappa shape index (κ1) is 11.9. The highest BCUT2D eigenvalue weighted by Crippen LogP contribution is 2.10. The van der Waals surface area contributed by atoms with Gasteiger partial charge in [0, 0.05) is 12.7 Å². The van der Waals surface area contributed by atoms with E-state index >= 15 is 0 Å². The van der Waals surface area contributed by atoms with Crippen LogP contribution in [-0.2, 0) is 4.74 Å². The summed E-state index contributed by atoms with van der Waals surface area (Å²) in [4.78, 5) is 21.8. The van der Waals surface area contributed by atoms with Gasteiger partial charge in [-0.15, -0.1) is 0 Å². The van der Waals surface area contributed by atoms with Crippen molar-refractivity contribution in [3.63, 3.8) is 0 Å². The highest BCUT2D eigenvalue weighted by atomic mass is 16.5. The number of ether oxygens (including phenoxy) is 1. The van der Waals surface area contributed by atoms with Crippen LogP contribution in [0.5, 0.6) is 0 Å². The summed E-state index contributed by atoms with van der Waals surface area (Å²) in [6, 6.07) is -0.292. The Hall–Kier alpha value is -1.53. The molecule has 0 aliphatic carbocycles. The van der Waals surface area contributed by atoms with E-state index < -0.39 is 0 Å². The second-order valence-electron chi connectivity index (χ2n) is 3.95. The molecule has 6 heteroatoms. The van der Waals surface area contributed by atoms with Gasteiger partial charge in [-0.2, -0.15) is 0 Å². The van der Waals surface area contributed by atoms with E-state index in [1.807, 2.05) is 6.92 Å². The van der Waals surface area contributed by atoms with Crippen molar-refractivity contribution in [2.75, 3.05) is 26.4 Å². The number of hydrogen-bond acceptors (Lipinski definition) is 5. The zero-order chi connectivity index (χ0) is 12.3. The number of morpholine rings is 1. The predicted molar refractivity (Wildman–Crippen MR) is 59.5 cm³/mol. The molecule has 0 saturated carbocycles. The maximum absolute atomic E-state index is 12.1. The lowest BCUT2D eigenvalue weighted by Gasteiger charge is -2.34. The largest absolute Gasteiger partial charge is 0.394 e. The maximum Gasteiger partial charge on any atom is 0.274 e. The Morgan fingerprint density at radius 1 is 1.59 bits per heavy atom. The minimum absolute atomic E-state index is 0.106. The Balaban J connectivity index is 2.15. The highest BCUT2D eigenvalue weighted by Gasteiger charge is 2.28. The predicted octanol–water partition coefficient (Wildman–Crippen LogP) is -0.382. The highest BCUT2D eigenvalue weighted by molar-refractivity contribution is 5.92. The zero-order valence-electron chi connectivity index (χ0n) is 9.67. The van der Waals surface area contributed by atoms with Crippen LogP contribution < -0.4 is 0 Å². The first-order valence-electron chi connectivity index (χ1n) is 5.50. The summed E-state index contributed by atoms with van der Waals surface area (Å²) in [6.45, 7) is 3.03. The molecule has 92 valence electrons. The van der Waals surface area contributed by atoms with E-state index in [4.69, 9.17) is 4.74 Å². The third-order valence-corrected chi connectivity index (χ3v) is 2.70. The normalized spacial score (nSPS) is 20.4. The molecule has 1 amide bonds. The van der Waals surface area contributed by atoms with Crippen molar-refractivity contribution in [2.24, 2.45) is 0 Å². The molecule has 2 rings (SSSR count). The monoisotopic (exact) mass is 237 g/mol. The zero-order valence-corrected chi connectivity index (χ0v) is 9.67. The first-order valence-corrected chi connectivity index (χ1v) is 5.50. The summed E-state index contributed by atoms with van der Waals surface area (Å²) >= 11 is 0. The fraction of sp³-hybridized carbons (Fsp3) is 0.545. The lowest BCUT2D eigenvalue weighted by atomic mass is 10.2. The second-order valence-corrected chi connectivity index (χ2v) is 3.95. The van der Waals surface area contributed by atoms with E-state index in [9.17, 15) is 9.90 Å². The molecular formula is C11H15N3O3. The third kappa shape index (κ3) is 2.59. The van der Waals surface area contributed by atoms with Gasteiger partial charge in [0.15, 0.2) is 0 Å². The molecule has 17 heavy (non-hydrogen) atoms. The third-order valence-electron chi connectivity index (χ3n) is 2.70. The number of aryl methyl sites for hydroxylation is 1. The minimum Gasteiger partial charge on any atom is -0.394 e. The lowest BCUT2D eigenvalue weighted by Crippen LogP contribution is -2.50. The molecule has 1 atom stereocenters. The maximum atomic E-state index is 12.1. The molecule has 1 aromatic rings. The Morgan fingerprint density at radius 2 is 2.41 bits per heavy atom. The Morgan fingerprint density at radius 3 is 3.06 bits per heavy atom. The van der Waals surface area contributed by atoms with Crippen LogP contribution in [-0.4, -0.2) is 58.3 Å². The second kappa shape index (κ2) is 5.20. The van der Waals surface area contributed by atoms with Gasteiger partial charge in [0.25, 0.3) is 5.91 Å². The topological polar surface area (TPSA) is 75.6 Å². The van der Waals surface area contributed by atoms with Crippen LogP contribution in [0.2, 0.25) is 0 Å². The number of nitrogens with zero attached hydrogens (tertiary/aromatic N) is 3. The molecule has 1 aliphatic heterocycles. The first-order chi connectivity index (χ1) is 8.22. The fourth-order valence-electron chi connectivity index (χ4n) is 1.72. The van der Waals surface area contributed by atoms with Gasteiger partial charge < -0.3 is 14.7 Å². The van der Waals surface area contributed by atoms with Crippen LogP contribution >= 0.6 is 0 Å². The van der Waals surface area contributed by atoms with Crippen LogP contribution in [0.25, 0.3) is 0 Å². The van der Waals surface area contributed by atoms with Crippen molar-refractivity contribution in [1.82, 2.24) is 14.9 Å². The van der Waals surface area contributed by atoms with E-state index in [0.29, 0.717) is 25.5 Å². The van der Waals surface area contributed by atoms with Gasteiger partial charge in [-0.25, -0.2) is 4.98 Å². The molecule has 6 nitrogen and oxygen atoms in total. The molecule has 0 spiro atoms. The number of hydrogen-bond donors (Lipinski definition) is 1. The summed E-state index contributed by atoms with van der Waals surface area (Å²) in [5, 5.41) is 9.19. The summed E-state index contributed by atoms with van der Waals surface area (Å²) in [7, 11) is 0. The van der Waals surface area contributed by atoms with Crippen molar-refractivity contribution in [3.8, 4) is 0 Å². The number of aromatic nitrogens is 2. The summed E-state index contributed by atoms with van der Waals surface area (Å²) in [6.07, 6.45) is 3.02. The molecule has 0 aromatic carbocycles. The van der Waals surface area contributed by atoms with Crippen molar-refractivity contribution in [3.05, 3.63) is 23.8 Å². The SMILES string of the molecule is Cc1cnc(C(=O)N2CCOCC2CO)cn1. The molecule has 1 aliphatic rings. The van der Waals surface area contributed by atoms with Crippen LogP contribution in [0.4, 0.5) is 0 Å². The standard InChI is InChI=1S/C11H15N3O3/c1-8-4-13-10(5-12-8)11(16)14-2-3-17-7-9(14)6-15/h4-5,9,15H,2-3,6-7H2,1H3. The average molecular weight is 237 g/mol. The van der Waals surface area contributed by atoms with E-state index in [2.05, 4.69) is 9.97 Å². The number of carbonyl (C=O) groups is 1. The van der Waals surface area contributed by atoms with Gasteiger partial charge >= 0.3 is 0 Å². The molecule has 1 fully saturated rings. The molecule has 2 heterocycles. The summed E-state index contributed by atoms with van der Waals surface area (Å²) in [5.74, 6) is -0.208. The van der Waals surface area contributed by atoms with Gasteiger partial charge in [-0.3, -0.25) is 9.78 Å². The number of aliphatic hydroxyl groups is 1. The number of rotatable bonds is 2. The number of carbonyl (C=O) groups excluding carboxylic acids is 1. The van der Waals surface area contributed by atoms with Gasteiger partial charge in [0.1, 0.15) is 5.69 Å². The fourth-order valence-corrected chi connectivity index (χ4v) is 1.72. The molecule has 1 aromatic heterocycles. The van der Waals surface area contributed by atoms with Gasteiger partial charge in [0.05, 0.1) is 37.8 Å². The Bertz CT molecular complexity index is 393. The van der Waals surface area contributed by atoms with Gasteiger partial charge in [-0.05, 0) is 6.92 Å². The minimum atomic E-state index is -0.292. The van der Waals surface area contributed by atoms with Crippen molar-refractivity contribution < 1.29 is 14.6 Å². The number of aliphatic hydroxyl groups excluding tert-OH is 1. The molecule has 0 bridgehead atoms. The van der Waals surface area contributed by atoms with E-state index in [1.54, 1.807) is 11.1 Å². The van der Waals surface area contributed by atoms with Gasteiger partial charge in [-0.1, -0.05) is 0 Å². The van der Waals surface area contributed by atoms with Crippen molar-refractivity contribution in [1.29, 1.82) is 0 Å². The Labute approximate surface area is 99.2 Å². The van der Waals surface area contributed by atoms with Gasteiger partial charge in [0.2, 0.25) is 0 Å². The van der Waals surface area contributed by atoms with E-state index in [1.165, 1.54) is 6.20 Å². The van der Waals surface area contributed by atoms with Crippen molar-refractivity contribution >= 4 is 5.91 Å². The van der Waals surface area contributed by atoms with E-state index in [-0.39, 0.29) is 18.6 Å². The van der Waals surface area contributed by atoms with Crippen LogP contribution in [0.1, 0.15) is 16.2 Å². The quantitative estimate of drug-likeness (QED) is 0.758. The molecule has 0 radical (unpaired) electrons. The molecular weight excluding hydrogens is 222 g/mol. The summed E-state index contributed by atoms with van der Waals surface area (Å²) in [5.41, 5.74) is 1.07. The Kier molecular flexibility index (Phi) is 3.65. The molecule has 1 N–H and O–H groups in total. The summed E-state index contributed by atoms with van der Waals surface area (Å²) < 4.78 is 5.22. The molecule has 1 unspecified atom stereocenters. The van der Waals surface area contributed by atoms with Crippen molar-refractivity contribution in [2.45, 2.75) is 13.0 Å². The van der Waals surface area contributed by atoms with E-state index in [0.717, 1.165) is 5.69 Å². The lowest BCUT2D eigenvalue weighted by molar-refractivity contribution is -0.0186. The smallest absolute Gasteiger partial charge is 0.274 e. The van der Waals surface area contributed by atoms with Crippen LogP contribution in [0.3, 0.4) is 0 Å².